The Morgan fingerprint density at radius 1 is 1.21 bits per heavy atom. The monoisotopic (exact) mass is 202 g/mol. The summed E-state index contributed by atoms with van der Waals surface area (Å²) >= 11 is 0. The summed E-state index contributed by atoms with van der Waals surface area (Å²) in [5, 5.41) is 19.3. The minimum absolute atomic E-state index is 0.552. The van der Waals surface area contributed by atoms with Gasteiger partial charge < -0.3 is 10.2 Å². The number of rotatable bonds is 7. The van der Waals surface area contributed by atoms with Crippen molar-refractivity contribution >= 4 is 0 Å². The molecule has 2 atom stereocenters. The lowest BCUT2D eigenvalue weighted by molar-refractivity contribution is -0.0589. The highest BCUT2D eigenvalue weighted by atomic mass is 16.3. The van der Waals surface area contributed by atoms with Gasteiger partial charge in [-0.1, -0.05) is 39.5 Å². The maximum Gasteiger partial charge on any atom is 0.0849 e. The van der Waals surface area contributed by atoms with Crippen LogP contribution < -0.4 is 0 Å². The zero-order valence-corrected chi connectivity index (χ0v) is 10.1. The second-order valence-electron chi connectivity index (χ2n) is 4.82. The van der Waals surface area contributed by atoms with Crippen LogP contribution in [0, 0.1) is 5.92 Å². The number of hydrogen-bond donors (Lipinski definition) is 2. The van der Waals surface area contributed by atoms with E-state index in [-0.39, 0.29) is 0 Å². The smallest absolute Gasteiger partial charge is 0.0849 e. The first-order chi connectivity index (χ1) is 6.41. The van der Waals surface area contributed by atoms with Crippen molar-refractivity contribution in [2.24, 2.45) is 5.92 Å². The predicted molar refractivity (Wildman–Crippen MR) is 60.2 cm³/mol. The van der Waals surface area contributed by atoms with Gasteiger partial charge in [0.15, 0.2) is 0 Å². The van der Waals surface area contributed by atoms with E-state index in [0.29, 0.717) is 5.92 Å². The number of aliphatic hydroxyl groups is 2. The first-order valence-electron chi connectivity index (χ1n) is 5.82. The lowest BCUT2D eigenvalue weighted by Gasteiger charge is -2.28. The first kappa shape index (κ1) is 13.9. The molecular weight excluding hydrogens is 176 g/mol. The van der Waals surface area contributed by atoms with Crippen molar-refractivity contribution in [1.29, 1.82) is 0 Å². The van der Waals surface area contributed by atoms with Crippen molar-refractivity contribution < 1.29 is 10.2 Å². The molecule has 0 bridgehead atoms. The molecule has 0 aliphatic rings. The van der Waals surface area contributed by atoms with Gasteiger partial charge in [0.25, 0.3) is 0 Å². The minimum atomic E-state index is -0.959. The molecule has 0 saturated carbocycles. The van der Waals surface area contributed by atoms with Crippen LogP contribution in [0.4, 0.5) is 0 Å². The van der Waals surface area contributed by atoms with Gasteiger partial charge in [0.1, 0.15) is 0 Å². The SMILES string of the molecule is CCCCC(CC)CC(O)C(C)(C)O. The Kier molecular flexibility index (Phi) is 6.38. The van der Waals surface area contributed by atoms with Crippen LogP contribution >= 0.6 is 0 Å². The molecule has 0 fully saturated rings. The molecule has 86 valence electrons. The molecule has 0 heterocycles. The molecule has 0 aliphatic heterocycles. The zero-order chi connectivity index (χ0) is 11.2. The van der Waals surface area contributed by atoms with Gasteiger partial charge in [-0.05, 0) is 26.2 Å². The normalized spacial score (nSPS) is 16.7. The maximum atomic E-state index is 9.74. The molecule has 14 heavy (non-hydrogen) atoms. The van der Waals surface area contributed by atoms with Gasteiger partial charge in [-0.25, -0.2) is 0 Å². The fourth-order valence-corrected chi connectivity index (χ4v) is 1.59. The Labute approximate surface area is 88.3 Å². The van der Waals surface area contributed by atoms with E-state index in [2.05, 4.69) is 13.8 Å². The van der Waals surface area contributed by atoms with E-state index >= 15 is 0 Å². The van der Waals surface area contributed by atoms with Crippen molar-refractivity contribution in [2.45, 2.75) is 71.5 Å². The fraction of sp³-hybridized carbons (Fsp3) is 1.00. The molecule has 0 aromatic rings. The quantitative estimate of drug-likeness (QED) is 0.666. The van der Waals surface area contributed by atoms with Crippen LogP contribution in [0.1, 0.15) is 59.8 Å². The minimum Gasteiger partial charge on any atom is -0.390 e. The summed E-state index contributed by atoms with van der Waals surface area (Å²) in [5.74, 6) is 0.552. The summed E-state index contributed by atoms with van der Waals surface area (Å²) in [6.07, 6.45) is 4.81. The predicted octanol–water partition coefficient (Wildman–Crippen LogP) is 2.72. The third kappa shape index (κ3) is 5.61. The standard InChI is InChI=1S/C12H26O2/c1-5-7-8-10(6-2)9-11(13)12(3,4)14/h10-11,13-14H,5-9H2,1-4H3. The van der Waals surface area contributed by atoms with Gasteiger partial charge in [0.2, 0.25) is 0 Å². The Balaban J connectivity index is 3.92. The summed E-state index contributed by atoms with van der Waals surface area (Å²) in [6, 6.07) is 0. The Bertz CT molecular complexity index is 138. The van der Waals surface area contributed by atoms with Gasteiger partial charge in [0, 0.05) is 0 Å². The van der Waals surface area contributed by atoms with E-state index in [0.717, 1.165) is 12.8 Å². The molecule has 0 radical (unpaired) electrons. The summed E-state index contributed by atoms with van der Waals surface area (Å²) < 4.78 is 0. The van der Waals surface area contributed by atoms with Crippen LogP contribution in [0.25, 0.3) is 0 Å². The molecule has 0 aromatic heterocycles. The van der Waals surface area contributed by atoms with Crippen LogP contribution in [0.3, 0.4) is 0 Å². The van der Waals surface area contributed by atoms with Crippen molar-refractivity contribution in [2.75, 3.05) is 0 Å². The van der Waals surface area contributed by atoms with E-state index in [1.807, 2.05) is 0 Å². The largest absolute Gasteiger partial charge is 0.390 e. The number of hydrogen-bond acceptors (Lipinski definition) is 2. The molecule has 0 aromatic carbocycles. The van der Waals surface area contributed by atoms with E-state index in [9.17, 15) is 10.2 Å². The highest BCUT2D eigenvalue weighted by Gasteiger charge is 2.26. The Morgan fingerprint density at radius 2 is 1.79 bits per heavy atom. The molecule has 0 aliphatic carbocycles. The second kappa shape index (κ2) is 6.41. The Morgan fingerprint density at radius 3 is 2.14 bits per heavy atom. The van der Waals surface area contributed by atoms with Gasteiger partial charge >= 0.3 is 0 Å². The molecule has 2 N–H and O–H groups in total. The fourth-order valence-electron chi connectivity index (χ4n) is 1.59. The molecule has 0 spiro atoms. The highest BCUT2D eigenvalue weighted by Crippen LogP contribution is 2.23. The number of aliphatic hydroxyl groups excluding tert-OH is 1. The van der Waals surface area contributed by atoms with E-state index in [1.165, 1.54) is 19.3 Å². The van der Waals surface area contributed by atoms with Gasteiger partial charge in [-0.2, -0.15) is 0 Å². The van der Waals surface area contributed by atoms with Crippen molar-refractivity contribution in [1.82, 2.24) is 0 Å². The summed E-state index contributed by atoms with van der Waals surface area (Å²) in [4.78, 5) is 0. The molecule has 2 nitrogen and oxygen atoms in total. The van der Waals surface area contributed by atoms with Crippen LogP contribution in [0.2, 0.25) is 0 Å². The molecule has 2 heteroatoms. The van der Waals surface area contributed by atoms with E-state index in [1.54, 1.807) is 13.8 Å². The Hall–Kier alpha value is -0.0800. The highest BCUT2D eigenvalue weighted by molar-refractivity contribution is 4.78. The van der Waals surface area contributed by atoms with Gasteiger partial charge in [-0.3, -0.25) is 0 Å². The molecule has 0 saturated heterocycles. The number of unbranched alkanes of at least 4 members (excludes halogenated alkanes) is 1. The van der Waals surface area contributed by atoms with Crippen LogP contribution in [0.5, 0.6) is 0 Å². The topological polar surface area (TPSA) is 40.5 Å². The van der Waals surface area contributed by atoms with Crippen LogP contribution in [-0.2, 0) is 0 Å². The van der Waals surface area contributed by atoms with Crippen LogP contribution in [-0.4, -0.2) is 21.9 Å². The lowest BCUT2D eigenvalue weighted by atomic mass is 9.87. The lowest BCUT2D eigenvalue weighted by Crippen LogP contribution is -2.37. The van der Waals surface area contributed by atoms with E-state index in [4.69, 9.17) is 0 Å². The third-order valence-electron chi connectivity index (χ3n) is 2.92. The second-order valence-corrected chi connectivity index (χ2v) is 4.82. The maximum absolute atomic E-state index is 9.74. The van der Waals surface area contributed by atoms with Crippen molar-refractivity contribution in [3.8, 4) is 0 Å². The van der Waals surface area contributed by atoms with E-state index < -0.39 is 11.7 Å². The summed E-state index contributed by atoms with van der Waals surface area (Å²) in [6.45, 7) is 7.67. The average Bonchev–Trinajstić information content (AvgIpc) is 2.10. The molecule has 0 amide bonds. The van der Waals surface area contributed by atoms with Gasteiger partial charge in [0.05, 0.1) is 11.7 Å². The molecule has 0 rings (SSSR count). The van der Waals surface area contributed by atoms with Gasteiger partial charge in [-0.15, -0.1) is 0 Å². The molecular formula is C12H26O2. The zero-order valence-electron chi connectivity index (χ0n) is 10.1. The molecule has 2 unspecified atom stereocenters. The van der Waals surface area contributed by atoms with Crippen LogP contribution in [0.15, 0.2) is 0 Å². The summed E-state index contributed by atoms with van der Waals surface area (Å²) in [7, 11) is 0. The first-order valence-corrected chi connectivity index (χ1v) is 5.82. The average molecular weight is 202 g/mol. The van der Waals surface area contributed by atoms with Crippen molar-refractivity contribution in [3.05, 3.63) is 0 Å². The third-order valence-corrected chi connectivity index (χ3v) is 2.92. The summed E-state index contributed by atoms with van der Waals surface area (Å²) in [5.41, 5.74) is -0.959. The van der Waals surface area contributed by atoms with Crippen molar-refractivity contribution in [3.63, 3.8) is 0 Å².